The Bertz CT molecular complexity index is 397. The molecule has 0 aromatic heterocycles. The summed E-state index contributed by atoms with van der Waals surface area (Å²) >= 11 is 0. The van der Waals surface area contributed by atoms with Crippen molar-refractivity contribution in [2.24, 2.45) is 11.3 Å². The molecule has 0 aliphatic rings. The molecule has 0 saturated carbocycles. The van der Waals surface area contributed by atoms with Gasteiger partial charge in [-0.25, -0.2) is 0 Å². The molecule has 2 heteroatoms. The van der Waals surface area contributed by atoms with Crippen LogP contribution in [0.4, 0.5) is 0 Å². The third-order valence-electron chi connectivity index (χ3n) is 4.66. The summed E-state index contributed by atoms with van der Waals surface area (Å²) in [6.45, 7) is 14.2. The minimum atomic E-state index is 0.271. The standard InChI is InChI=1S/C19H33NO/c1-15(2)18-9-7-17(8-10-18)13-19(5,16(3)4)14-20-11-12-21-6/h7-10,15-16,20H,11-14H2,1-6H3. The molecule has 0 radical (unpaired) electrons. The van der Waals surface area contributed by atoms with Crippen LogP contribution in [-0.2, 0) is 11.2 Å². The SMILES string of the molecule is COCCNCC(C)(Cc1ccc(C(C)C)cc1)C(C)C. The van der Waals surface area contributed by atoms with Crippen LogP contribution in [0.15, 0.2) is 24.3 Å². The summed E-state index contributed by atoms with van der Waals surface area (Å²) in [4.78, 5) is 0. The smallest absolute Gasteiger partial charge is 0.0587 e. The Morgan fingerprint density at radius 3 is 2.19 bits per heavy atom. The van der Waals surface area contributed by atoms with E-state index in [1.54, 1.807) is 7.11 Å². The molecule has 1 aromatic carbocycles. The van der Waals surface area contributed by atoms with Crippen molar-refractivity contribution in [3.63, 3.8) is 0 Å². The fourth-order valence-corrected chi connectivity index (χ4v) is 2.51. The van der Waals surface area contributed by atoms with Gasteiger partial charge in [-0.2, -0.15) is 0 Å². The van der Waals surface area contributed by atoms with Crippen LogP contribution in [0.5, 0.6) is 0 Å². The molecule has 0 spiro atoms. The summed E-state index contributed by atoms with van der Waals surface area (Å²) in [7, 11) is 1.75. The third-order valence-corrected chi connectivity index (χ3v) is 4.66. The zero-order chi connectivity index (χ0) is 15.9. The highest BCUT2D eigenvalue weighted by Gasteiger charge is 2.28. The maximum Gasteiger partial charge on any atom is 0.0587 e. The molecule has 0 amide bonds. The van der Waals surface area contributed by atoms with E-state index in [2.05, 4.69) is 64.2 Å². The van der Waals surface area contributed by atoms with Crippen LogP contribution >= 0.6 is 0 Å². The summed E-state index contributed by atoms with van der Waals surface area (Å²) < 4.78 is 5.11. The summed E-state index contributed by atoms with van der Waals surface area (Å²) in [6, 6.07) is 9.15. The maximum absolute atomic E-state index is 5.11. The van der Waals surface area contributed by atoms with E-state index in [-0.39, 0.29) is 5.41 Å². The Balaban J connectivity index is 2.68. The van der Waals surface area contributed by atoms with Gasteiger partial charge in [0.25, 0.3) is 0 Å². The summed E-state index contributed by atoms with van der Waals surface area (Å²) in [5, 5.41) is 3.53. The lowest BCUT2D eigenvalue weighted by atomic mass is 9.74. The van der Waals surface area contributed by atoms with E-state index in [0.717, 1.165) is 26.1 Å². The van der Waals surface area contributed by atoms with E-state index in [4.69, 9.17) is 4.74 Å². The first-order valence-electron chi connectivity index (χ1n) is 8.17. The molecule has 2 nitrogen and oxygen atoms in total. The van der Waals surface area contributed by atoms with Crippen LogP contribution in [0.3, 0.4) is 0 Å². The number of methoxy groups -OCH3 is 1. The number of ether oxygens (including phenoxy) is 1. The van der Waals surface area contributed by atoms with Crippen molar-refractivity contribution in [3.8, 4) is 0 Å². The average molecular weight is 291 g/mol. The lowest BCUT2D eigenvalue weighted by Crippen LogP contribution is -2.39. The van der Waals surface area contributed by atoms with Crippen molar-refractivity contribution in [2.75, 3.05) is 26.8 Å². The van der Waals surface area contributed by atoms with E-state index < -0.39 is 0 Å². The monoisotopic (exact) mass is 291 g/mol. The second-order valence-electron chi connectivity index (χ2n) is 7.05. The van der Waals surface area contributed by atoms with Crippen LogP contribution in [0.1, 0.15) is 51.7 Å². The first kappa shape index (κ1) is 18.2. The molecular weight excluding hydrogens is 258 g/mol. The minimum absolute atomic E-state index is 0.271. The average Bonchev–Trinajstić information content (AvgIpc) is 2.44. The Morgan fingerprint density at radius 1 is 1.10 bits per heavy atom. The van der Waals surface area contributed by atoms with Crippen LogP contribution < -0.4 is 5.32 Å². The molecule has 0 aliphatic heterocycles. The van der Waals surface area contributed by atoms with Gasteiger partial charge in [-0.3, -0.25) is 0 Å². The van der Waals surface area contributed by atoms with Gasteiger partial charge in [-0.05, 0) is 34.8 Å². The molecule has 0 bridgehead atoms. The van der Waals surface area contributed by atoms with E-state index in [9.17, 15) is 0 Å². The van der Waals surface area contributed by atoms with Crippen molar-refractivity contribution in [1.82, 2.24) is 5.32 Å². The van der Waals surface area contributed by atoms with Crippen LogP contribution in [0.25, 0.3) is 0 Å². The highest BCUT2D eigenvalue weighted by Crippen LogP contribution is 2.31. The van der Waals surface area contributed by atoms with Gasteiger partial charge in [-0.15, -0.1) is 0 Å². The predicted molar refractivity (Wildman–Crippen MR) is 91.9 cm³/mol. The van der Waals surface area contributed by atoms with E-state index in [0.29, 0.717) is 11.8 Å². The molecule has 1 N–H and O–H groups in total. The van der Waals surface area contributed by atoms with E-state index in [1.165, 1.54) is 11.1 Å². The van der Waals surface area contributed by atoms with Crippen molar-refractivity contribution in [2.45, 2.75) is 47.0 Å². The lowest BCUT2D eigenvalue weighted by Gasteiger charge is -2.34. The van der Waals surface area contributed by atoms with Crippen molar-refractivity contribution in [1.29, 1.82) is 0 Å². The molecule has 1 unspecified atom stereocenters. The van der Waals surface area contributed by atoms with Crippen LogP contribution in [-0.4, -0.2) is 26.8 Å². The largest absolute Gasteiger partial charge is 0.383 e. The highest BCUT2D eigenvalue weighted by atomic mass is 16.5. The lowest BCUT2D eigenvalue weighted by molar-refractivity contribution is 0.175. The second kappa shape index (κ2) is 8.55. The number of hydrogen-bond donors (Lipinski definition) is 1. The van der Waals surface area contributed by atoms with Crippen molar-refractivity contribution >= 4 is 0 Å². The number of nitrogens with one attached hydrogen (secondary N) is 1. The number of hydrogen-bond acceptors (Lipinski definition) is 2. The molecule has 0 aliphatic carbocycles. The Kier molecular flexibility index (Phi) is 7.41. The van der Waals surface area contributed by atoms with Crippen molar-refractivity contribution < 1.29 is 4.74 Å². The van der Waals surface area contributed by atoms with Gasteiger partial charge in [0.15, 0.2) is 0 Å². The van der Waals surface area contributed by atoms with E-state index in [1.807, 2.05) is 0 Å². The van der Waals surface area contributed by atoms with Gasteiger partial charge in [0, 0.05) is 20.2 Å². The topological polar surface area (TPSA) is 21.3 Å². The number of benzene rings is 1. The molecule has 0 heterocycles. The van der Waals surface area contributed by atoms with Gasteiger partial charge in [0.05, 0.1) is 6.61 Å². The predicted octanol–water partition coefficient (Wildman–Crippen LogP) is 4.25. The Labute approximate surface area is 131 Å². The molecule has 1 rings (SSSR count). The molecule has 21 heavy (non-hydrogen) atoms. The molecular formula is C19H33NO. The first-order chi connectivity index (χ1) is 9.89. The van der Waals surface area contributed by atoms with Crippen molar-refractivity contribution in [3.05, 3.63) is 35.4 Å². The van der Waals surface area contributed by atoms with Gasteiger partial charge < -0.3 is 10.1 Å². The third kappa shape index (κ3) is 5.80. The summed E-state index contributed by atoms with van der Waals surface area (Å²) in [5.74, 6) is 1.24. The minimum Gasteiger partial charge on any atom is -0.383 e. The molecule has 1 atom stereocenters. The highest BCUT2D eigenvalue weighted by molar-refractivity contribution is 5.25. The maximum atomic E-state index is 5.11. The molecule has 1 aromatic rings. The Morgan fingerprint density at radius 2 is 1.71 bits per heavy atom. The van der Waals surface area contributed by atoms with Crippen LogP contribution in [0, 0.1) is 11.3 Å². The van der Waals surface area contributed by atoms with Gasteiger partial charge >= 0.3 is 0 Å². The van der Waals surface area contributed by atoms with Gasteiger partial charge in [0.2, 0.25) is 0 Å². The van der Waals surface area contributed by atoms with Gasteiger partial charge in [0.1, 0.15) is 0 Å². The quantitative estimate of drug-likeness (QED) is 0.687. The summed E-state index contributed by atoms with van der Waals surface area (Å²) in [6.07, 6.45) is 1.11. The fourth-order valence-electron chi connectivity index (χ4n) is 2.51. The van der Waals surface area contributed by atoms with Gasteiger partial charge in [-0.1, -0.05) is 58.9 Å². The fraction of sp³-hybridized carbons (Fsp3) is 0.684. The molecule has 0 saturated heterocycles. The molecule has 120 valence electrons. The zero-order valence-corrected chi connectivity index (χ0v) is 14.7. The zero-order valence-electron chi connectivity index (χ0n) is 14.7. The number of rotatable bonds is 9. The van der Waals surface area contributed by atoms with E-state index >= 15 is 0 Å². The Hall–Kier alpha value is -0.860. The first-order valence-corrected chi connectivity index (χ1v) is 8.17. The second-order valence-corrected chi connectivity index (χ2v) is 7.05. The van der Waals surface area contributed by atoms with Crippen LogP contribution in [0.2, 0.25) is 0 Å². The normalized spacial score (nSPS) is 14.7. The summed E-state index contributed by atoms with van der Waals surface area (Å²) in [5.41, 5.74) is 3.12. The molecule has 0 fully saturated rings.